The van der Waals surface area contributed by atoms with E-state index in [0.29, 0.717) is 30.4 Å². The molecule has 3 aromatic carbocycles. The quantitative estimate of drug-likeness (QED) is 0.175. The first-order chi connectivity index (χ1) is 21.0. The van der Waals surface area contributed by atoms with Crippen molar-refractivity contribution in [1.29, 1.82) is 0 Å². The van der Waals surface area contributed by atoms with Gasteiger partial charge in [0.25, 0.3) is 0 Å². The van der Waals surface area contributed by atoms with Gasteiger partial charge in [0.2, 0.25) is 17.6 Å². The highest BCUT2D eigenvalue weighted by atomic mass is 16.2. The number of aromatic amines is 2. The second-order valence-corrected chi connectivity index (χ2v) is 11.3. The van der Waals surface area contributed by atoms with E-state index in [9.17, 15) is 9.59 Å². The van der Waals surface area contributed by atoms with Crippen LogP contribution in [0.4, 0.5) is 5.69 Å². The molecule has 1 saturated carbocycles. The van der Waals surface area contributed by atoms with Crippen molar-refractivity contribution in [2.24, 2.45) is 17.6 Å². The van der Waals surface area contributed by atoms with Gasteiger partial charge in [0, 0.05) is 29.0 Å². The van der Waals surface area contributed by atoms with Gasteiger partial charge in [0.05, 0.1) is 11.7 Å². The van der Waals surface area contributed by atoms with Gasteiger partial charge in [-0.25, -0.2) is 0 Å². The fourth-order valence-electron chi connectivity index (χ4n) is 5.97. The van der Waals surface area contributed by atoms with E-state index in [0.717, 1.165) is 64.4 Å². The summed E-state index contributed by atoms with van der Waals surface area (Å²) >= 11 is 0. The molecule has 0 radical (unpaired) electrons. The largest absolute Gasteiger partial charge is 0.344 e. The smallest absolute Gasteiger partial charge is 0.247 e. The number of fused-ring (bicyclic) bond motifs is 1. The van der Waals surface area contributed by atoms with Crippen molar-refractivity contribution < 1.29 is 9.59 Å². The van der Waals surface area contributed by atoms with Crippen LogP contribution < -0.4 is 16.4 Å². The SMILES string of the molecule is Cc1ccc2[nH]ncc2c1-c1cccc(CC(NC(=O)C2CCC(CN)CC2)C(=O)Nc2ccc(-c3nn[nH]n3)cc2)c1. The third-order valence-electron chi connectivity index (χ3n) is 8.43. The van der Waals surface area contributed by atoms with Gasteiger partial charge in [-0.05, 0) is 103 Å². The number of anilines is 1. The average Bonchev–Trinajstić information content (AvgIpc) is 3.74. The summed E-state index contributed by atoms with van der Waals surface area (Å²) in [4.78, 5) is 27.1. The standard InChI is InChI=1S/C32H35N9O2/c1-19-5-14-27-26(18-34-37-27)29(19)24-4-2-3-21(15-24)16-28(36-31(42)23-8-6-20(17-33)7-9-23)32(43)35-25-12-10-22(11-13-25)30-38-40-41-39-30/h2-5,10-15,18,20,23,28H,6-9,16-17,33H2,1H3,(H,34,37)(H,35,43)(H,36,42)(H,38,39,40,41). The number of aryl methyl sites for hydroxylation is 1. The lowest BCUT2D eigenvalue weighted by molar-refractivity contribution is -0.130. The van der Waals surface area contributed by atoms with Crippen molar-refractivity contribution in [3.63, 3.8) is 0 Å². The summed E-state index contributed by atoms with van der Waals surface area (Å²) in [6.45, 7) is 2.72. The molecule has 1 unspecified atom stereocenters. The van der Waals surface area contributed by atoms with Gasteiger partial charge in [0.1, 0.15) is 6.04 Å². The Bertz CT molecular complexity index is 1700. The van der Waals surface area contributed by atoms with Crippen molar-refractivity contribution in [3.05, 3.63) is 78.0 Å². The third kappa shape index (κ3) is 6.31. The first-order valence-corrected chi connectivity index (χ1v) is 14.7. The fourth-order valence-corrected chi connectivity index (χ4v) is 5.97. The molecule has 2 aromatic heterocycles. The first kappa shape index (κ1) is 28.2. The number of carbonyl (C=O) groups excluding carboxylic acids is 2. The molecule has 0 bridgehead atoms. The maximum Gasteiger partial charge on any atom is 0.247 e. The Kier molecular flexibility index (Phi) is 8.23. The summed E-state index contributed by atoms with van der Waals surface area (Å²) in [5.41, 5.74) is 12.4. The van der Waals surface area contributed by atoms with Crippen LogP contribution in [-0.4, -0.2) is 55.2 Å². The number of hydrogen-bond acceptors (Lipinski definition) is 7. The molecule has 1 aliphatic rings. The Labute approximate surface area is 249 Å². The molecule has 0 aliphatic heterocycles. The topological polar surface area (TPSA) is 167 Å². The average molecular weight is 578 g/mol. The number of nitrogens with one attached hydrogen (secondary N) is 4. The summed E-state index contributed by atoms with van der Waals surface area (Å²) in [5, 5.41) is 28.4. The zero-order valence-electron chi connectivity index (χ0n) is 24.0. The number of rotatable bonds is 9. The molecule has 43 heavy (non-hydrogen) atoms. The number of hydrogen-bond donors (Lipinski definition) is 5. The van der Waals surface area contributed by atoms with Gasteiger partial charge in [-0.3, -0.25) is 14.7 Å². The second kappa shape index (κ2) is 12.5. The van der Waals surface area contributed by atoms with Gasteiger partial charge < -0.3 is 16.4 Å². The van der Waals surface area contributed by atoms with E-state index in [-0.39, 0.29) is 17.7 Å². The molecule has 1 aliphatic carbocycles. The molecular formula is C32H35N9O2. The Hall–Kier alpha value is -4.90. The van der Waals surface area contributed by atoms with E-state index in [1.165, 1.54) is 0 Å². The summed E-state index contributed by atoms with van der Waals surface area (Å²) in [7, 11) is 0. The number of nitrogens with two attached hydrogens (primary N) is 1. The monoisotopic (exact) mass is 577 g/mol. The van der Waals surface area contributed by atoms with Crippen molar-refractivity contribution in [2.45, 2.75) is 45.1 Å². The maximum absolute atomic E-state index is 13.7. The van der Waals surface area contributed by atoms with E-state index >= 15 is 0 Å². The molecule has 6 rings (SSSR count). The molecule has 6 N–H and O–H groups in total. The summed E-state index contributed by atoms with van der Waals surface area (Å²) in [6, 6.07) is 18.7. The Morgan fingerprint density at radius 3 is 2.58 bits per heavy atom. The lowest BCUT2D eigenvalue weighted by atomic mass is 9.81. The fraction of sp³-hybridized carbons (Fsp3) is 0.312. The molecule has 1 fully saturated rings. The van der Waals surface area contributed by atoms with Gasteiger partial charge in [-0.1, -0.05) is 30.3 Å². The number of nitrogens with zero attached hydrogens (tertiary/aromatic N) is 4. The third-order valence-corrected chi connectivity index (χ3v) is 8.43. The minimum absolute atomic E-state index is 0.0850. The van der Waals surface area contributed by atoms with E-state index in [1.54, 1.807) is 12.1 Å². The van der Waals surface area contributed by atoms with Gasteiger partial charge >= 0.3 is 0 Å². The summed E-state index contributed by atoms with van der Waals surface area (Å²) < 4.78 is 0. The number of H-pyrrole nitrogens is 2. The van der Waals surface area contributed by atoms with Crippen LogP contribution in [0.15, 0.2) is 66.9 Å². The molecule has 1 atom stereocenters. The predicted molar refractivity (Wildman–Crippen MR) is 165 cm³/mol. The molecule has 0 spiro atoms. The van der Waals surface area contributed by atoms with E-state index in [2.05, 4.69) is 66.6 Å². The Morgan fingerprint density at radius 1 is 1.02 bits per heavy atom. The second-order valence-electron chi connectivity index (χ2n) is 11.3. The molecule has 0 saturated heterocycles. The molecular weight excluding hydrogens is 542 g/mol. The van der Waals surface area contributed by atoms with Crippen LogP contribution in [0.1, 0.15) is 36.8 Å². The minimum Gasteiger partial charge on any atom is -0.344 e. The lowest BCUT2D eigenvalue weighted by Gasteiger charge is -2.28. The number of aromatic nitrogens is 6. The molecule has 220 valence electrons. The van der Waals surface area contributed by atoms with Crippen molar-refractivity contribution >= 4 is 28.4 Å². The molecule has 11 nitrogen and oxygen atoms in total. The van der Waals surface area contributed by atoms with Crippen molar-refractivity contribution in [1.82, 2.24) is 36.1 Å². The number of amides is 2. The summed E-state index contributed by atoms with van der Waals surface area (Å²) in [6.07, 6.45) is 5.60. The van der Waals surface area contributed by atoms with Crippen LogP contribution in [0.3, 0.4) is 0 Å². The molecule has 5 aromatic rings. The number of tetrazole rings is 1. The summed E-state index contributed by atoms with van der Waals surface area (Å²) in [5.74, 6) is 0.436. The minimum atomic E-state index is -0.766. The van der Waals surface area contributed by atoms with E-state index < -0.39 is 6.04 Å². The molecule has 2 heterocycles. The zero-order chi connectivity index (χ0) is 29.8. The van der Waals surface area contributed by atoms with Crippen LogP contribution >= 0.6 is 0 Å². The van der Waals surface area contributed by atoms with Crippen LogP contribution in [0.5, 0.6) is 0 Å². The predicted octanol–water partition coefficient (Wildman–Crippen LogP) is 4.15. The Morgan fingerprint density at radius 2 is 1.84 bits per heavy atom. The molecule has 11 heteroatoms. The van der Waals surface area contributed by atoms with Crippen LogP contribution in [0.2, 0.25) is 0 Å². The van der Waals surface area contributed by atoms with Gasteiger partial charge in [-0.2, -0.15) is 10.3 Å². The Balaban J connectivity index is 1.24. The van der Waals surface area contributed by atoms with Crippen molar-refractivity contribution in [2.75, 3.05) is 11.9 Å². The highest BCUT2D eigenvalue weighted by Crippen LogP contribution is 2.32. The normalized spacial score (nSPS) is 17.4. The number of carbonyl (C=O) groups is 2. The van der Waals surface area contributed by atoms with Crippen LogP contribution in [0.25, 0.3) is 33.4 Å². The van der Waals surface area contributed by atoms with E-state index in [1.807, 2.05) is 36.5 Å². The van der Waals surface area contributed by atoms with Crippen LogP contribution in [0, 0.1) is 18.8 Å². The highest BCUT2D eigenvalue weighted by Gasteiger charge is 2.29. The van der Waals surface area contributed by atoms with Gasteiger partial charge in [-0.15, -0.1) is 10.2 Å². The number of benzene rings is 3. The molecule has 2 amide bonds. The van der Waals surface area contributed by atoms with Crippen LogP contribution in [-0.2, 0) is 16.0 Å². The highest BCUT2D eigenvalue weighted by molar-refractivity contribution is 5.98. The lowest BCUT2D eigenvalue weighted by Crippen LogP contribution is -2.48. The van der Waals surface area contributed by atoms with E-state index in [4.69, 9.17) is 5.73 Å². The zero-order valence-corrected chi connectivity index (χ0v) is 24.0. The van der Waals surface area contributed by atoms with Gasteiger partial charge in [0.15, 0.2) is 0 Å². The first-order valence-electron chi connectivity index (χ1n) is 14.7. The van der Waals surface area contributed by atoms with Crippen molar-refractivity contribution in [3.8, 4) is 22.5 Å². The maximum atomic E-state index is 13.7.